The lowest BCUT2D eigenvalue weighted by Crippen LogP contribution is -2.63. The van der Waals surface area contributed by atoms with Crippen LogP contribution in [0.15, 0.2) is 28.7 Å². The number of ether oxygens (including phenoxy) is 1. The molecular formula is C31H41N5O10. The number of phenols is 1. The van der Waals surface area contributed by atoms with E-state index in [1.54, 1.807) is 53.0 Å². The first kappa shape index (κ1) is 34.2. The second-order valence-electron chi connectivity index (χ2n) is 12.3. The molecule has 3 aliphatic rings. The molecule has 46 heavy (non-hydrogen) atoms. The summed E-state index contributed by atoms with van der Waals surface area (Å²) >= 11 is 0. The Morgan fingerprint density at radius 2 is 1.85 bits per heavy atom. The number of nitrogens with two attached hydrogens (primary N) is 1. The van der Waals surface area contributed by atoms with Gasteiger partial charge in [0.2, 0.25) is 5.78 Å². The monoisotopic (exact) mass is 643 g/mol. The van der Waals surface area contributed by atoms with Gasteiger partial charge in [-0.15, -0.1) is 0 Å². The lowest BCUT2D eigenvalue weighted by molar-refractivity contribution is -0.148. The Bertz CT molecular complexity index is 1550. The van der Waals surface area contributed by atoms with Crippen LogP contribution in [0.2, 0.25) is 0 Å². The van der Waals surface area contributed by atoms with E-state index in [2.05, 4.69) is 5.32 Å². The first-order chi connectivity index (χ1) is 21.5. The van der Waals surface area contributed by atoms with Gasteiger partial charge >= 0.3 is 6.09 Å². The highest BCUT2D eigenvalue weighted by molar-refractivity contribution is 6.25. The van der Waals surface area contributed by atoms with Crippen molar-refractivity contribution in [3.8, 4) is 5.75 Å². The van der Waals surface area contributed by atoms with Crippen molar-refractivity contribution in [2.24, 2.45) is 17.6 Å². The molecule has 0 bridgehead atoms. The van der Waals surface area contributed by atoms with Gasteiger partial charge in [0.15, 0.2) is 11.4 Å². The number of amides is 2. The number of hydrogen-bond acceptors (Lipinski definition) is 13. The van der Waals surface area contributed by atoms with Crippen molar-refractivity contribution in [1.82, 2.24) is 9.80 Å². The first-order valence-corrected chi connectivity index (χ1v) is 14.8. The van der Waals surface area contributed by atoms with Crippen LogP contribution in [0.25, 0.3) is 0 Å². The number of primary amides is 1. The number of nitrogens with one attached hydrogen (secondary N) is 1. The van der Waals surface area contributed by atoms with Gasteiger partial charge in [0.05, 0.1) is 30.4 Å². The number of hydrogen-bond donors (Lipinski definition) is 6. The lowest BCUT2D eigenvalue weighted by Gasteiger charge is -2.50. The largest absolute Gasteiger partial charge is 0.510 e. The summed E-state index contributed by atoms with van der Waals surface area (Å²) < 4.78 is 5.01. The Morgan fingerprint density at radius 3 is 2.39 bits per heavy atom. The fourth-order valence-corrected chi connectivity index (χ4v) is 6.98. The molecule has 0 radical (unpaired) electrons. The third-order valence-corrected chi connectivity index (χ3v) is 8.90. The normalized spacial score (nSPS) is 24.6. The van der Waals surface area contributed by atoms with E-state index in [1.807, 2.05) is 0 Å². The maximum absolute atomic E-state index is 14.2. The molecule has 0 aromatic heterocycles. The Labute approximate surface area is 265 Å². The SMILES string of the molecule is CCOC(=O)N(CC=O)CC(C)Nc1cc(N(C)C)c2c(c1O)C(=O)C1=C(O)[C@]3(O)C(=O)C(C(N)=O)=C(O)[C@@H](N(C)C)[C@@H]3C[C@@H]1C2. The second kappa shape index (κ2) is 12.6. The summed E-state index contributed by atoms with van der Waals surface area (Å²) in [6.45, 7) is 3.23. The molecule has 1 aromatic rings. The predicted molar refractivity (Wildman–Crippen MR) is 166 cm³/mol. The van der Waals surface area contributed by atoms with Gasteiger partial charge in [-0.25, -0.2) is 4.79 Å². The van der Waals surface area contributed by atoms with E-state index in [4.69, 9.17) is 10.5 Å². The maximum atomic E-state index is 14.2. The van der Waals surface area contributed by atoms with Crippen molar-refractivity contribution in [2.45, 2.75) is 44.4 Å². The second-order valence-corrected chi connectivity index (χ2v) is 12.3. The number of ketones is 2. The molecule has 15 heteroatoms. The van der Waals surface area contributed by atoms with Crippen LogP contribution in [0.4, 0.5) is 16.2 Å². The van der Waals surface area contributed by atoms with Gasteiger partial charge in [-0.3, -0.25) is 24.2 Å². The predicted octanol–water partition coefficient (Wildman–Crippen LogP) is 0.644. The fraction of sp³-hybridized carbons (Fsp3) is 0.516. The number of anilines is 2. The molecular weight excluding hydrogens is 602 g/mol. The third kappa shape index (κ3) is 5.42. The molecule has 3 aliphatic carbocycles. The maximum Gasteiger partial charge on any atom is 0.410 e. The number of fused-ring (bicyclic) bond motifs is 3. The number of allylic oxidation sites excluding steroid dienone is 1. The Hall–Kier alpha value is -4.63. The molecule has 0 saturated heterocycles. The van der Waals surface area contributed by atoms with Gasteiger partial charge < -0.3 is 45.9 Å². The van der Waals surface area contributed by atoms with Crippen LogP contribution in [-0.2, 0) is 25.5 Å². The number of nitrogens with zero attached hydrogens (tertiary/aromatic N) is 3. The Morgan fingerprint density at radius 1 is 1.20 bits per heavy atom. The molecule has 5 atom stereocenters. The molecule has 1 unspecified atom stereocenters. The number of likely N-dealkylation sites (N-methyl/N-ethyl adjacent to an activating group) is 1. The quantitative estimate of drug-likeness (QED) is 0.117. The molecule has 2 amide bonds. The van der Waals surface area contributed by atoms with Crippen LogP contribution < -0.4 is 16.0 Å². The summed E-state index contributed by atoms with van der Waals surface area (Å²) in [7, 11) is 6.62. The number of aldehydes is 1. The van der Waals surface area contributed by atoms with Crippen LogP contribution >= 0.6 is 0 Å². The summed E-state index contributed by atoms with van der Waals surface area (Å²) in [5.41, 5.74) is 2.49. The molecule has 250 valence electrons. The zero-order valence-corrected chi connectivity index (χ0v) is 26.7. The van der Waals surface area contributed by atoms with Crippen molar-refractivity contribution >= 4 is 41.2 Å². The third-order valence-electron chi connectivity index (χ3n) is 8.90. The molecule has 0 aliphatic heterocycles. The number of rotatable bonds is 10. The fourth-order valence-electron chi connectivity index (χ4n) is 6.98. The minimum atomic E-state index is -2.75. The molecule has 15 nitrogen and oxygen atoms in total. The molecule has 0 fully saturated rings. The standard InChI is InChI=1S/C31H41N5O10/c1-7-46-30(44)36(8-9-37)13-14(2)33-18-12-19(34(3)4)16-10-15-11-17-23(35(5)6)26(40)22(29(32)43)28(42)31(17,45)27(41)20(15)25(39)21(16)24(18)38/h9,12,14-15,17,23,33,38,40-41,45H,7-8,10-11,13H2,1-6H3,(H2,32,43)/t14?,15-,17-,23-,31-/m0/s1. The van der Waals surface area contributed by atoms with E-state index in [0.29, 0.717) is 17.5 Å². The van der Waals surface area contributed by atoms with Crippen LogP contribution in [0.1, 0.15) is 36.2 Å². The summed E-state index contributed by atoms with van der Waals surface area (Å²) in [5, 5.41) is 48.9. The smallest absolute Gasteiger partial charge is 0.410 e. The van der Waals surface area contributed by atoms with Crippen molar-refractivity contribution in [3.05, 3.63) is 39.9 Å². The summed E-state index contributed by atoms with van der Waals surface area (Å²) in [5.74, 6) is -7.34. The van der Waals surface area contributed by atoms with Gasteiger partial charge in [0.1, 0.15) is 29.1 Å². The van der Waals surface area contributed by atoms with Crippen molar-refractivity contribution in [2.75, 3.05) is 58.1 Å². The van der Waals surface area contributed by atoms with E-state index in [-0.39, 0.29) is 49.4 Å². The topological polar surface area (TPSA) is 223 Å². The van der Waals surface area contributed by atoms with Gasteiger partial charge in [0.25, 0.3) is 5.91 Å². The summed E-state index contributed by atoms with van der Waals surface area (Å²) in [4.78, 5) is 67.9. The van der Waals surface area contributed by atoms with Gasteiger partial charge in [-0.05, 0) is 58.3 Å². The highest BCUT2D eigenvalue weighted by Gasteiger charge is 2.63. The Balaban J connectivity index is 1.82. The van der Waals surface area contributed by atoms with Crippen molar-refractivity contribution < 1.29 is 49.1 Å². The van der Waals surface area contributed by atoms with Gasteiger partial charge in [0, 0.05) is 43.9 Å². The Kier molecular flexibility index (Phi) is 9.41. The number of benzene rings is 1. The highest BCUT2D eigenvalue weighted by atomic mass is 16.6. The van der Waals surface area contributed by atoms with E-state index < -0.39 is 75.9 Å². The average Bonchev–Trinajstić information content (AvgIpc) is 2.95. The molecule has 7 N–H and O–H groups in total. The van der Waals surface area contributed by atoms with E-state index in [9.17, 15) is 44.4 Å². The van der Waals surface area contributed by atoms with E-state index in [0.717, 1.165) is 0 Å². The van der Waals surface area contributed by atoms with Crippen LogP contribution in [0.3, 0.4) is 0 Å². The van der Waals surface area contributed by atoms with Gasteiger partial charge in [-0.2, -0.15) is 0 Å². The molecule has 4 rings (SSSR count). The minimum Gasteiger partial charge on any atom is -0.510 e. The number of carbonyl (C=O) groups excluding carboxylic acids is 5. The van der Waals surface area contributed by atoms with Crippen LogP contribution in [-0.4, -0.2) is 126 Å². The zero-order valence-electron chi connectivity index (χ0n) is 26.7. The number of aliphatic hydroxyl groups is 3. The average molecular weight is 644 g/mol. The zero-order chi connectivity index (χ0) is 34.4. The van der Waals surface area contributed by atoms with Gasteiger partial charge in [-0.1, -0.05) is 0 Å². The number of aliphatic hydroxyl groups excluding tert-OH is 2. The van der Waals surface area contributed by atoms with E-state index >= 15 is 0 Å². The number of phenolic OH excluding ortho intramolecular Hbond substituents is 1. The first-order valence-electron chi connectivity index (χ1n) is 14.8. The molecule has 0 heterocycles. The lowest BCUT2D eigenvalue weighted by atomic mass is 9.58. The summed E-state index contributed by atoms with van der Waals surface area (Å²) in [6.07, 6.45) is -0.0395. The van der Waals surface area contributed by atoms with Crippen LogP contribution in [0, 0.1) is 11.8 Å². The highest BCUT2D eigenvalue weighted by Crippen LogP contribution is 2.54. The van der Waals surface area contributed by atoms with Crippen molar-refractivity contribution in [1.29, 1.82) is 0 Å². The van der Waals surface area contributed by atoms with Crippen molar-refractivity contribution in [3.63, 3.8) is 0 Å². The summed E-state index contributed by atoms with van der Waals surface area (Å²) in [6, 6.07) is 0.00206. The van der Waals surface area contributed by atoms with Crippen LogP contribution in [0.5, 0.6) is 5.75 Å². The molecule has 1 aromatic carbocycles. The number of aromatic hydroxyl groups is 1. The number of Topliss-reactive ketones (excluding diaryl/α,β-unsaturated/α-hetero) is 2. The molecule has 0 spiro atoms. The number of carbonyl (C=O) groups is 5. The molecule has 0 saturated carbocycles. The minimum absolute atomic E-state index is 0.0134. The van der Waals surface area contributed by atoms with E-state index in [1.165, 1.54) is 9.80 Å².